The zero-order chi connectivity index (χ0) is 10.7. The molecule has 2 rings (SSSR count). The molecule has 0 saturated carbocycles. The van der Waals surface area contributed by atoms with Crippen LogP contribution >= 0.6 is 0 Å². The number of carboxylic acids is 1. The van der Waals surface area contributed by atoms with Crippen LogP contribution in [0.5, 0.6) is 0 Å². The minimum Gasteiger partial charge on any atom is -0.475 e. The van der Waals surface area contributed by atoms with Crippen LogP contribution in [-0.4, -0.2) is 17.4 Å². The average Bonchev–Trinajstić information content (AvgIpc) is 2.68. The Morgan fingerprint density at radius 2 is 2.07 bits per heavy atom. The number of carboxylic acid groups (broad SMARTS) is 1. The van der Waals surface area contributed by atoms with Gasteiger partial charge in [0.05, 0.1) is 0 Å². The molecule has 1 N–H and O–H groups in total. The minimum absolute atomic E-state index is 0.143. The summed E-state index contributed by atoms with van der Waals surface area (Å²) in [6.45, 7) is 0. The Balaban J connectivity index is 1.93. The van der Waals surface area contributed by atoms with Crippen molar-refractivity contribution in [1.29, 1.82) is 0 Å². The molecule has 1 aromatic rings. The van der Waals surface area contributed by atoms with E-state index in [9.17, 15) is 4.79 Å². The molecule has 15 heavy (non-hydrogen) atoms. The lowest BCUT2D eigenvalue weighted by Gasteiger charge is -2.10. The Labute approximate surface area is 86.7 Å². The second kappa shape index (κ2) is 4.04. The maximum atomic E-state index is 10.5. The van der Waals surface area contributed by atoms with Crippen molar-refractivity contribution in [3.05, 3.63) is 47.9 Å². The first kappa shape index (κ1) is 9.58. The predicted molar refractivity (Wildman–Crippen MR) is 51.8 cm³/mol. The molecular formula is C11H10O4. The van der Waals surface area contributed by atoms with E-state index in [1.807, 2.05) is 30.3 Å². The predicted octanol–water partition coefficient (Wildman–Crippen LogP) is 1.53. The normalized spacial score (nSPS) is 18.9. The summed E-state index contributed by atoms with van der Waals surface area (Å²) in [7, 11) is 0. The molecule has 0 bridgehead atoms. The Kier molecular flexibility index (Phi) is 2.58. The van der Waals surface area contributed by atoms with Gasteiger partial charge in [-0.1, -0.05) is 30.3 Å². The zero-order valence-corrected chi connectivity index (χ0v) is 7.92. The molecule has 4 nitrogen and oxygen atoms in total. The molecule has 78 valence electrons. The van der Waals surface area contributed by atoms with Crippen molar-refractivity contribution < 1.29 is 19.4 Å². The van der Waals surface area contributed by atoms with Gasteiger partial charge in [-0.3, -0.25) is 0 Å². The highest BCUT2D eigenvalue weighted by molar-refractivity contribution is 5.84. The Bertz CT molecular complexity index is 383. The lowest BCUT2D eigenvalue weighted by Crippen LogP contribution is -2.14. The number of rotatable bonds is 3. The van der Waals surface area contributed by atoms with E-state index in [-0.39, 0.29) is 5.76 Å². The van der Waals surface area contributed by atoms with Crippen LogP contribution in [-0.2, 0) is 20.7 Å². The minimum atomic E-state index is -1.11. The summed E-state index contributed by atoms with van der Waals surface area (Å²) >= 11 is 0. The van der Waals surface area contributed by atoms with Gasteiger partial charge >= 0.3 is 5.97 Å². The highest BCUT2D eigenvalue weighted by atomic mass is 16.7. The van der Waals surface area contributed by atoms with Crippen molar-refractivity contribution in [1.82, 2.24) is 0 Å². The van der Waals surface area contributed by atoms with Crippen LogP contribution in [0, 0.1) is 0 Å². The van der Waals surface area contributed by atoms with Crippen LogP contribution in [0.25, 0.3) is 0 Å². The molecule has 1 heterocycles. The summed E-state index contributed by atoms with van der Waals surface area (Å²) in [5.41, 5.74) is 1.04. The van der Waals surface area contributed by atoms with E-state index in [1.54, 1.807) is 0 Å². The monoisotopic (exact) mass is 206 g/mol. The standard InChI is InChI=1S/C11H10O4/c12-11(13)9-7-14-10(15-9)6-8-4-2-1-3-5-8/h1-5,7,10H,6H2,(H,12,13). The van der Waals surface area contributed by atoms with E-state index < -0.39 is 12.3 Å². The van der Waals surface area contributed by atoms with Crippen LogP contribution in [0.3, 0.4) is 0 Å². The first-order valence-corrected chi connectivity index (χ1v) is 4.55. The number of ether oxygens (including phenoxy) is 2. The molecule has 0 amide bonds. The van der Waals surface area contributed by atoms with Gasteiger partial charge in [-0.15, -0.1) is 0 Å². The maximum absolute atomic E-state index is 10.5. The molecule has 0 aliphatic carbocycles. The summed E-state index contributed by atoms with van der Waals surface area (Å²) in [6.07, 6.45) is 1.14. The van der Waals surface area contributed by atoms with Gasteiger partial charge in [0.15, 0.2) is 0 Å². The summed E-state index contributed by atoms with van der Waals surface area (Å²) in [4.78, 5) is 10.5. The molecule has 4 heteroatoms. The zero-order valence-electron chi connectivity index (χ0n) is 7.92. The number of hydrogen-bond donors (Lipinski definition) is 1. The van der Waals surface area contributed by atoms with Crippen molar-refractivity contribution in [2.24, 2.45) is 0 Å². The summed E-state index contributed by atoms with van der Waals surface area (Å²) in [6, 6.07) is 9.61. The lowest BCUT2D eigenvalue weighted by molar-refractivity contribution is -0.138. The third-order valence-corrected chi connectivity index (χ3v) is 2.04. The fourth-order valence-electron chi connectivity index (χ4n) is 1.33. The van der Waals surface area contributed by atoms with E-state index in [2.05, 4.69) is 0 Å². The first-order chi connectivity index (χ1) is 7.25. The topological polar surface area (TPSA) is 55.8 Å². The van der Waals surface area contributed by atoms with Gasteiger partial charge in [0.1, 0.15) is 6.26 Å². The van der Waals surface area contributed by atoms with Gasteiger partial charge in [-0.05, 0) is 5.56 Å². The first-order valence-electron chi connectivity index (χ1n) is 4.55. The van der Waals surface area contributed by atoms with Crippen molar-refractivity contribution in [2.45, 2.75) is 12.7 Å². The van der Waals surface area contributed by atoms with Gasteiger partial charge in [0, 0.05) is 6.42 Å². The Morgan fingerprint density at radius 3 is 2.67 bits per heavy atom. The molecule has 0 spiro atoms. The van der Waals surface area contributed by atoms with Gasteiger partial charge in [0.25, 0.3) is 0 Å². The second-order valence-electron chi connectivity index (χ2n) is 3.16. The quantitative estimate of drug-likeness (QED) is 0.814. The van der Waals surface area contributed by atoms with Gasteiger partial charge in [0.2, 0.25) is 12.0 Å². The molecule has 1 unspecified atom stereocenters. The summed E-state index contributed by atoms with van der Waals surface area (Å²) in [5, 5.41) is 8.62. The van der Waals surface area contributed by atoms with Gasteiger partial charge < -0.3 is 14.6 Å². The highest BCUT2D eigenvalue weighted by Gasteiger charge is 2.24. The van der Waals surface area contributed by atoms with Crippen LogP contribution in [0.2, 0.25) is 0 Å². The third kappa shape index (κ3) is 2.28. The molecule has 1 aliphatic rings. The number of benzene rings is 1. The van der Waals surface area contributed by atoms with Crippen LogP contribution in [0.15, 0.2) is 42.4 Å². The van der Waals surface area contributed by atoms with E-state index in [4.69, 9.17) is 14.6 Å². The molecule has 0 aromatic heterocycles. The molecule has 1 aromatic carbocycles. The number of aliphatic carboxylic acids is 1. The van der Waals surface area contributed by atoms with E-state index in [0.29, 0.717) is 6.42 Å². The molecule has 0 saturated heterocycles. The number of carbonyl (C=O) groups is 1. The fourth-order valence-corrected chi connectivity index (χ4v) is 1.33. The van der Waals surface area contributed by atoms with Gasteiger partial charge in [-0.25, -0.2) is 4.79 Å². The maximum Gasteiger partial charge on any atom is 0.374 e. The van der Waals surface area contributed by atoms with E-state index in [0.717, 1.165) is 11.8 Å². The van der Waals surface area contributed by atoms with Gasteiger partial charge in [-0.2, -0.15) is 0 Å². The molecule has 0 fully saturated rings. The lowest BCUT2D eigenvalue weighted by atomic mass is 10.1. The third-order valence-electron chi connectivity index (χ3n) is 2.04. The Morgan fingerprint density at radius 1 is 1.33 bits per heavy atom. The molecule has 1 aliphatic heterocycles. The highest BCUT2D eigenvalue weighted by Crippen LogP contribution is 2.17. The average molecular weight is 206 g/mol. The van der Waals surface area contributed by atoms with Crippen LogP contribution in [0.4, 0.5) is 0 Å². The largest absolute Gasteiger partial charge is 0.475 e. The smallest absolute Gasteiger partial charge is 0.374 e. The summed E-state index contributed by atoms with van der Waals surface area (Å²) in [5.74, 6) is -1.25. The SMILES string of the molecule is O=C(O)C1=COC(Cc2ccccc2)O1. The summed E-state index contributed by atoms with van der Waals surface area (Å²) < 4.78 is 10.1. The number of hydrogen-bond acceptors (Lipinski definition) is 3. The second-order valence-corrected chi connectivity index (χ2v) is 3.16. The molecule has 1 atom stereocenters. The fraction of sp³-hybridized carbons (Fsp3) is 0.182. The van der Waals surface area contributed by atoms with Crippen molar-refractivity contribution in [3.63, 3.8) is 0 Å². The molecular weight excluding hydrogens is 196 g/mol. The van der Waals surface area contributed by atoms with E-state index >= 15 is 0 Å². The molecule has 0 radical (unpaired) electrons. The van der Waals surface area contributed by atoms with Crippen molar-refractivity contribution in [3.8, 4) is 0 Å². The van der Waals surface area contributed by atoms with Crippen LogP contribution < -0.4 is 0 Å². The Hall–Kier alpha value is -1.97. The van der Waals surface area contributed by atoms with Crippen LogP contribution in [0.1, 0.15) is 5.56 Å². The van der Waals surface area contributed by atoms with Crippen molar-refractivity contribution in [2.75, 3.05) is 0 Å². The van der Waals surface area contributed by atoms with E-state index in [1.165, 1.54) is 0 Å². The van der Waals surface area contributed by atoms with Crippen molar-refractivity contribution >= 4 is 5.97 Å².